The molecule has 1 heterocycles. The summed E-state index contributed by atoms with van der Waals surface area (Å²) in [6.45, 7) is 0. The lowest BCUT2D eigenvalue weighted by molar-refractivity contribution is 0.356. The molecule has 0 radical (unpaired) electrons. The summed E-state index contributed by atoms with van der Waals surface area (Å²) < 4.78 is 10.2. The highest BCUT2D eigenvalue weighted by molar-refractivity contribution is 5.78. The lowest BCUT2D eigenvalue weighted by Gasteiger charge is -2.05. The summed E-state index contributed by atoms with van der Waals surface area (Å²) in [6, 6.07) is 3.55. The molecule has 0 saturated heterocycles. The summed E-state index contributed by atoms with van der Waals surface area (Å²) in [6.07, 6.45) is 0. The van der Waals surface area contributed by atoms with Gasteiger partial charge in [0.25, 0.3) is 0 Å². The maximum atomic E-state index is 5.11. The summed E-state index contributed by atoms with van der Waals surface area (Å²) in [4.78, 5) is 0. The van der Waals surface area contributed by atoms with Crippen molar-refractivity contribution < 1.29 is 9.47 Å². The monoisotopic (exact) mass is 179 g/mol. The van der Waals surface area contributed by atoms with Crippen molar-refractivity contribution in [3.8, 4) is 11.5 Å². The fourth-order valence-corrected chi connectivity index (χ4v) is 1.17. The molecule has 0 aliphatic carbocycles. The largest absolute Gasteiger partial charge is 0.493 e. The number of ether oxygens (including phenoxy) is 2. The van der Waals surface area contributed by atoms with Crippen molar-refractivity contribution in [3.63, 3.8) is 0 Å². The van der Waals surface area contributed by atoms with Gasteiger partial charge in [-0.2, -0.15) is 15.4 Å². The Bertz CT molecular complexity index is 386. The molecule has 1 aromatic carbocycles. The van der Waals surface area contributed by atoms with E-state index in [-0.39, 0.29) is 0 Å². The molecule has 0 fully saturated rings. The van der Waals surface area contributed by atoms with Crippen LogP contribution in [0, 0.1) is 0 Å². The maximum absolute atomic E-state index is 5.11. The van der Waals surface area contributed by atoms with Gasteiger partial charge in [-0.05, 0) is 0 Å². The molecule has 0 bridgehead atoms. The Kier molecular flexibility index (Phi) is 1.77. The van der Waals surface area contributed by atoms with Crippen LogP contribution in [0.2, 0.25) is 0 Å². The van der Waals surface area contributed by atoms with E-state index in [2.05, 4.69) is 15.4 Å². The Morgan fingerprint density at radius 2 is 1.46 bits per heavy atom. The zero-order chi connectivity index (χ0) is 9.26. The fourth-order valence-electron chi connectivity index (χ4n) is 1.17. The molecule has 5 heteroatoms. The molecule has 2 aromatic rings. The third-order valence-electron chi connectivity index (χ3n) is 1.82. The minimum absolute atomic E-state index is 0.656. The van der Waals surface area contributed by atoms with Crippen molar-refractivity contribution in [1.82, 2.24) is 15.4 Å². The molecule has 68 valence electrons. The van der Waals surface area contributed by atoms with Gasteiger partial charge < -0.3 is 9.47 Å². The number of hydrogen-bond acceptors (Lipinski definition) is 4. The fraction of sp³-hybridized carbons (Fsp3) is 0.250. The molecule has 13 heavy (non-hydrogen) atoms. The zero-order valence-electron chi connectivity index (χ0n) is 7.37. The second kappa shape index (κ2) is 2.93. The lowest BCUT2D eigenvalue weighted by Crippen LogP contribution is -1.89. The van der Waals surface area contributed by atoms with E-state index in [1.54, 1.807) is 26.4 Å². The number of hydrogen-bond donors (Lipinski definition) is 1. The molecule has 1 aromatic heterocycles. The van der Waals surface area contributed by atoms with Crippen LogP contribution in [-0.4, -0.2) is 29.6 Å². The molecular formula is C8H9N3O2. The average Bonchev–Trinajstić information content (AvgIpc) is 2.62. The Morgan fingerprint density at radius 3 is 1.85 bits per heavy atom. The van der Waals surface area contributed by atoms with Crippen LogP contribution in [0.5, 0.6) is 11.5 Å². The van der Waals surface area contributed by atoms with Crippen molar-refractivity contribution >= 4 is 11.0 Å². The first-order valence-electron chi connectivity index (χ1n) is 3.77. The third kappa shape index (κ3) is 1.18. The van der Waals surface area contributed by atoms with Gasteiger partial charge in [0.2, 0.25) is 0 Å². The van der Waals surface area contributed by atoms with E-state index in [1.165, 1.54) is 0 Å². The molecule has 1 N–H and O–H groups in total. The number of aromatic amines is 1. The van der Waals surface area contributed by atoms with Gasteiger partial charge in [0, 0.05) is 12.1 Å². The molecule has 0 atom stereocenters. The molecule has 0 amide bonds. The molecule has 0 aliphatic rings. The minimum Gasteiger partial charge on any atom is -0.493 e. The van der Waals surface area contributed by atoms with Crippen LogP contribution in [-0.2, 0) is 0 Å². The number of nitrogens with zero attached hydrogens (tertiary/aromatic N) is 2. The van der Waals surface area contributed by atoms with Crippen molar-refractivity contribution in [2.45, 2.75) is 0 Å². The van der Waals surface area contributed by atoms with Crippen molar-refractivity contribution in [2.75, 3.05) is 14.2 Å². The highest BCUT2D eigenvalue weighted by atomic mass is 16.5. The number of H-pyrrole nitrogens is 1. The Hall–Kier alpha value is -1.78. The third-order valence-corrected chi connectivity index (χ3v) is 1.82. The standard InChI is InChI=1S/C8H9N3O2/c1-12-7-3-5-6(10-11-9-5)4-8(7)13-2/h3-4H,1-2H3,(H,9,10,11). The summed E-state index contributed by atoms with van der Waals surface area (Å²) in [5.74, 6) is 1.31. The summed E-state index contributed by atoms with van der Waals surface area (Å²) >= 11 is 0. The summed E-state index contributed by atoms with van der Waals surface area (Å²) in [5.41, 5.74) is 1.52. The van der Waals surface area contributed by atoms with Crippen LogP contribution in [0.25, 0.3) is 11.0 Å². The van der Waals surface area contributed by atoms with Gasteiger partial charge in [-0.25, -0.2) is 0 Å². The quantitative estimate of drug-likeness (QED) is 0.746. The van der Waals surface area contributed by atoms with Crippen LogP contribution >= 0.6 is 0 Å². The topological polar surface area (TPSA) is 60.0 Å². The van der Waals surface area contributed by atoms with Crippen LogP contribution in [0.15, 0.2) is 12.1 Å². The number of methoxy groups -OCH3 is 2. The minimum atomic E-state index is 0.656. The van der Waals surface area contributed by atoms with Gasteiger partial charge in [0.1, 0.15) is 11.0 Å². The van der Waals surface area contributed by atoms with E-state index in [1.807, 2.05) is 0 Å². The predicted octanol–water partition coefficient (Wildman–Crippen LogP) is 0.975. The molecule has 2 rings (SSSR count). The SMILES string of the molecule is COc1cc2n[nH]nc2cc1OC. The number of rotatable bonds is 2. The van der Waals surface area contributed by atoms with Gasteiger partial charge in [0.15, 0.2) is 11.5 Å². The first kappa shape index (κ1) is 7.85. The molecule has 5 nitrogen and oxygen atoms in total. The van der Waals surface area contributed by atoms with Crippen molar-refractivity contribution in [1.29, 1.82) is 0 Å². The van der Waals surface area contributed by atoms with Gasteiger partial charge in [-0.1, -0.05) is 0 Å². The van der Waals surface area contributed by atoms with E-state index in [9.17, 15) is 0 Å². The maximum Gasteiger partial charge on any atom is 0.163 e. The van der Waals surface area contributed by atoms with Crippen LogP contribution in [0.1, 0.15) is 0 Å². The second-order valence-electron chi connectivity index (χ2n) is 2.52. The van der Waals surface area contributed by atoms with Crippen molar-refractivity contribution in [3.05, 3.63) is 12.1 Å². The highest BCUT2D eigenvalue weighted by Crippen LogP contribution is 2.29. The van der Waals surface area contributed by atoms with Gasteiger partial charge >= 0.3 is 0 Å². The van der Waals surface area contributed by atoms with Gasteiger partial charge in [-0.15, -0.1) is 0 Å². The van der Waals surface area contributed by atoms with Gasteiger partial charge in [-0.3, -0.25) is 0 Å². The number of benzene rings is 1. The van der Waals surface area contributed by atoms with E-state index in [0.29, 0.717) is 11.5 Å². The summed E-state index contributed by atoms with van der Waals surface area (Å²) in [7, 11) is 3.17. The number of nitrogens with one attached hydrogen (secondary N) is 1. The first-order valence-corrected chi connectivity index (χ1v) is 3.77. The lowest BCUT2D eigenvalue weighted by atomic mass is 10.3. The van der Waals surface area contributed by atoms with Gasteiger partial charge in [0.05, 0.1) is 14.2 Å². The number of aromatic nitrogens is 3. The second-order valence-corrected chi connectivity index (χ2v) is 2.52. The Morgan fingerprint density at radius 1 is 1.00 bits per heavy atom. The first-order chi connectivity index (χ1) is 6.35. The van der Waals surface area contributed by atoms with Crippen LogP contribution < -0.4 is 9.47 Å². The average molecular weight is 179 g/mol. The highest BCUT2D eigenvalue weighted by Gasteiger charge is 2.07. The van der Waals surface area contributed by atoms with Crippen LogP contribution in [0.3, 0.4) is 0 Å². The van der Waals surface area contributed by atoms with Crippen LogP contribution in [0.4, 0.5) is 0 Å². The molecule has 0 aliphatic heterocycles. The van der Waals surface area contributed by atoms with E-state index >= 15 is 0 Å². The normalized spacial score (nSPS) is 10.3. The van der Waals surface area contributed by atoms with E-state index in [0.717, 1.165) is 11.0 Å². The summed E-state index contributed by atoms with van der Waals surface area (Å²) in [5, 5.41) is 10.4. The molecule has 0 saturated carbocycles. The molecule has 0 unspecified atom stereocenters. The van der Waals surface area contributed by atoms with E-state index < -0.39 is 0 Å². The number of fused-ring (bicyclic) bond motifs is 1. The Labute approximate surface area is 74.7 Å². The van der Waals surface area contributed by atoms with E-state index in [4.69, 9.17) is 9.47 Å². The zero-order valence-corrected chi connectivity index (χ0v) is 7.37. The van der Waals surface area contributed by atoms with Crippen molar-refractivity contribution in [2.24, 2.45) is 0 Å². The smallest absolute Gasteiger partial charge is 0.163 e. The molecule has 0 spiro atoms. The molecular weight excluding hydrogens is 170 g/mol. The Balaban J connectivity index is 2.67. The predicted molar refractivity (Wildman–Crippen MR) is 47.0 cm³/mol.